The molecule has 1 aliphatic carbocycles. The first-order chi connectivity index (χ1) is 10.6. The van der Waals surface area contributed by atoms with Crippen molar-refractivity contribution in [3.63, 3.8) is 0 Å². The number of halogens is 2. The lowest BCUT2D eigenvalue weighted by Gasteiger charge is -2.09. The van der Waals surface area contributed by atoms with Gasteiger partial charge >= 0.3 is 0 Å². The van der Waals surface area contributed by atoms with Crippen LogP contribution < -0.4 is 10.1 Å². The summed E-state index contributed by atoms with van der Waals surface area (Å²) < 4.78 is 5.41. The average molecular weight is 336 g/mol. The van der Waals surface area contributed by atoms with Gasteiger partial charge in [-0.2, -0.15) is 0 Å². The second-order valence-electron chi connectivity index (χ2n) is 5.25. The number of anilines is 1. The van der Waals surface area contributed by atoms with Crippen molar-refractivity contribution in [3.05, 3.63) is 57.6 Å². The third-order valence-corrected chi connectivity index (χ3v) is 4.38. The number of hydrogen-bond donors (Lipinski definition) is 1. The Hall–Kier alpha value is -1.71. The number of ether oxygens (including phenoxy) is 1. The molecule has 2 aromatic rings. The summed E-state index contributed by atoms with van der Waals surface area (Å²) in [5, 5.41) is 3.70. The van der Waals surface area contributed by atoms with Crippen LogP contribution in [-0.4, -0.2) is 12.5 Å². The average Bonchev–Trinajstić information content (AvgIpc) is 2.96. The second kappa shape index (κ2) is 6.59. The zero-order chi connectivity index (χ0) is 15.5. The summed E-state index contributed by atoms with van der Waals surface area (Å²) in [4.78, 5) is 11.9. The number of rotatable bonds is 4. The Kier molecular flexibility index (Phi) is 4.55. The Morgan fingerprint density at radius 2 is 1.86 bits per heavy atom. The molecule has 0 heterocycles. The fourth-order valence-corrected chi connectivity index (χ4v) is 2.85. The van der Waals surface area contributed by atoms with Crippen molar-refractivity contribution in [3.8, 4) is 5.75 Å². The van der Waals surface area contributed by atoms with Gasteiger partial charge in [0.05, 0.1) is 10.0 Å². The van der Waals surface area contributed by atoms with Crippen LogP contribution in [-0.2, 0) is 17.6 Å². The first-order valence-corrected chi connectivity index (χ1v) is 7.87. The van der Waals surface area contributed by atoms with Crippen molar-refractivity contribution in [2.24, 2.45) is 0 Å². The number of hydrogen-bond acceptors (Lipinski definition) is 2. The van der Waals surface area contributed by atoms with Gasteiger partial charge in [-0.25, -0.2) is 0 Å². The van der Waals surface area contributed by atoms with Crippen LogP contribution in [0.25, 0.3) is 0 Å². The smallest absolute Gasteiger partial charge is 0.262 e. The van der Waals surface area contributed by atoms with Gasteiger partial charge in [-0.1, -0.05) is 29.3 Å². The van der Waals surface area contributed by atoms with E-state index in [0.717, 1.165) is 18.5 Å². The van der Waals surface area contributed by atoms with Gasteiger partial charge in [0, 0.05) is 11.8 Å². The minimum atomic E-state index is -0.205. The molecule has 0 aliphatic heterocycles. The monoisotopic (exact) mass is 335 g/mol. The molecule has 0 radical (unpaired) electrons. The van der Waals surface area contributed by atoms with Crippen LogP contribution in [0.5, 0.6) is 5.75 Å². The van der Waals surface area contributed by atoms with E-state index in [9.17, 15) is 4.79 Å². The predicted octanol–water partition coefficient (Wildman–Crippen LogP) is 4.50. The predicted molar refractivity (Wildman–Crippen MR) is 89.1 cm³/mol. The number of fused-ring (bicyclic) bond motifs is 1. The van der Waals surface area contributed by atoms with Crippen molar-refractivity contribution in [2.75, 3.05) is 11.9 Å². The molecule has 0 saturated carbocycles. The first-order valence-electron chi connectivity index (χ1n) is 7.11. The van der Waals surface area contributed by atoms with Gasteiger partial charge in [-0.15, -0.1) is 0 Å². The molecule has 0 fully saturated rings. The number of benzene rings is 2. The quantitative estimate of drug-likeness (QED) is 0.893. The van der Waals surface area contributed by atoms with E-state index >= 15 is 0 Å². The number of aryl methyl sites for hydroxylation is 2. The van der Waals surface area contributed by atoms with E-state index in [1.807, 2.05) is 12.1 Å². The third kappa shape index (κ3) is 3.54. The lowest BCUT2D eigenvalue weighted by molar-refractivity contribution is -0.118. The molecule has 0 saturated heterocycles. The zero-order valence-corrected chi connectivity index (χ0v) is 13.4. The van der Waals surface area contributed by atoms with Crippen molar-refractivity contribution in [2.45, 2.75) is 19.3 Å². The van der Waals surface area contributed by atoms with E-state index in [4.69, 9.17) is 27.9 Å². The van der Waals surface area contributed by atoms with Crippen LogP contribution in [0, 0.1) is 0 Å². The van der Waals surface area contributed by atoms with Gasteiger partial charge in [0.15, 0.2) is 6.61 Å². The molecule has 0 unspecified atom stereocenters. The maximum Gasteiger partial charge on any atom is 0.262 e. The first kappa shape index (κ1) is 15.2. The summed E-state index contributed by atoms with van der Waals surface area (Å²) >= 11 is 11.7. The Bertz CT molecular complexity index is 716. The maximum absolute atomic E-state index is 11.9. The van der Waals surface area contributed by atoms with Gasteiger partial charge in [-0.05, 0) is 54.7 Å². The second-order valence-corrected chi connectivity index (χ2v) is 6.06. The summed E-state index contributed by atoms with van der Waals surface area (Å²) in [7, 11) is 0. The van der Waals surface area contributed by atoms with Crippen molar-refractivity contribution in [1.82, 2.24) is 0 Å². The standard InChI is InChI=1S/C17H15Cl2NO2/c18-15-7-6-14(9-16(15)19)22-10-17(21)20-13-5-4-11-2-1-3-12(11)8-13/h4-9H,1-3,10H2,(H,20,21). The van der Waals surface area contributed by atoms with Crippen LogP contribution in [0.1, 0.15) is 17.5 Å². The minimum Gasteiger partial charge on any atom is -0.484 e. The molecule has 114 valence electrons. The van der Waals surface area contributed by atoms with Gasteiger partial charge in [-0.3, -0.25) is 4.79 Å². The molecule has 0 atom stereocenters. The summed E-state index contributed by atoms with van der Waals surface area (Å²) in [6, 6.07) is 11.0. The van der Waals surface area contributed by atoms with E-state index < -0.39 is 0 Å². The molecule has 3 nitrogen and oxygen atoms in total. The molecule has 1 N–H and O–H groups in total. The largest absolute Gasteiger partial charge is 0.484 e. The third-order valence-electron chi connectivity index (χ3n) is 3.64. The minimum absolute atomic E-state index is 0.0744. The zero-order valence-electron chi connectivity index (χ0n) is 11.9. The van der Waals surface area contributed by atoms with Crippen LogP contribution in [0.4, 0.5) is 5.69 Å². The summed E-state index contributed by atoms with van der Waals surface area (Å²) in [5.41, 5.74) is 3.51. The molecule has 1 amide bonds. The topological polar surface area (TPSA) is 38.3 Å². The molecular formula is C17H15Cl2NO2. The van der Waals surface area contributed by atoms with Crippen LogP contribution in [0.15, 0.2) is 36.4 Å². The van der Waals surface area contributed by atoms with E-state index in [-0.39, 0.29) is 12.5 Å². The summed E-state index contributed by atoms with van der Waals surface area (Å²) in [5.74, 6) is 0.308. The van der Waals surface area contributed by atoms with Gasteiger partial charge in [0.2, 0.25) is 0 Å². The highest BCUT2D eigenvalue weighted by atomic mass is 35.5. The van der Waals surface area contributed by atoms with Gasteiger partial charge < -0.3 is 10.1 Å². The molecule has 0 bridgehead atoms. The van der Waals surface area contributed by atoms with Crippen molar-refractivity contribution < 1.29 is 9.53 Å². The number of nitrogens with one attached hydrogen (secondary N) is 1. The summed E-state index contributed by atoms with van der Waals surface area (Å²) in [6.07, 6.45) is 3.40. The molecule has 22 heavy (non-hydrogen) atoms. The SMILES string of the molecule is O=C(COc1ccc(Cl)c(Cl)c1)Nc1ccc2c(c1)CCC2. The molecule has 0 spiro atoms. The highest BCUT2D eigenvalue weighted by molar-refractivity contribution is 6.42. The Balaban J connectivity index is 1.57. The van der Waals surface area contributed by atoms with E-state index in [0.29, 0.717) is 15.8 Å². The van der Waals surface area contributed by atoms with Crippen LogP contribution in [0.2, 0.25) is 10.0 Å². The highest BCUT2D eigenvalue weighted by Gasteiger charge is 2.12. The lowest BCUT2D eigenvalue weighted by atomic mass is 10.1. The Labute approximate surface area is 139 Å². The lowest BCUT2D eigenvalue weighted by Crippen LogP contribution is -2.20. The molecule has 0 aromatic heterocycles. The Morgan fingerprint density at radius 3 is 2.68 bits per heavy atom. The number of amides is 1. The highest BCUT2D eigenvalue weighted by Crippen LogP contribution is 2.27. The maximum atomic E-state index is 11.9. The number of carbonyl (C=O) groups excluding carboxylic acids is 1. The molecule has 5 heteroatoms. The number of carbonyl (C=O) groups is 1. The fraction of sp³-hybridized carbons (Fsp3) is 0.235. The van der Waals surface area contributed by atoms with E-state index in [1.165, 1.54) is 17.5 Å². The molecule has 3 rings (SSSR count). The molecular weight excluding hydrogens is 321 g/mol. The van der Waals surface area contributed by atoms with Crippen LogP contribution >= 0.6 is 23.2 Å². The van der Waals surface area contributed by atoms with E-state index in [2.05, 4.69) is 11.4 Å². The molecule has 2 aromatic carbocycles. The molecule has 1 aliphatic rings. The normalized spacial score (nSPS) is 12.8. The van der Waals surface area contributed by atoms with Gasteiger partial charge in [0.25, 0.3) is 5.91 Å². The van der Waals surface area contributed by atoms with E-state index in [1.54, 1.807) is 18.2 Å². The summed E-state index contributed by atoms with van der Waals surface area (Å²) in [6.45, 7) is -0.0744. The Morgan fingerprint density at radius 1 is 1.05 bits per heavy atom. The van der Waals surface area contributed by atoms with Crippen molar-refractivity contribution in [1.29, 1.82) is 0 Å². The van der Waals surface area contributed by atoms with Crippen molar-refractivity contribution >= 4 is 34.8 Å². The van der Waals surface area contributed by atoms with Gasteiger partial charge in [0.1, 0.15) is 5.75 Å². The van der Waals surface area contributed by atoms with Crippen LogP contribution in [0.3, 0.4) is 0 Å². The fourth-order valence-electron chi connectivity index (χ4n) is 2.56.